The van der Waals surface area contributed by atoms with Crippen LogP contribution in [0.2, 0.25) is 5.15 Å². The number of pyridine rings is 1. The van der Waals surface area contributed by atoms with Crippen LogP contribution >= 0.6 is 11.6 Å². The van der Waals surface area contributed by atoms with Crippen LogP contribution in [0, 0.1) is 5.82 Å². The molecule has 2 heterocycles. The highest BCUT2D eigenvalue weighted by Crippen LogP contribution is 2.25. The molecular formula is C21H16ClFN2O4. The van der Waals surface area contributed by atoms with Gasteiger partial charge in [0, 0.05) is 12.3 Å². The SMILES string of the molecule is C[C@H](OC(=O)/C=C/c1ccc(-c2ccccc2F)o1)C(=O)Nc1cccnc1Cl. The lowest BCUT2D eigenvalue weighted by molar-refractivity contribution is -0.148. The molecule has 0 fully saturated rings. The minimum Gasteiger partial charge on any atom is -0.457 e. The molecule has 1 N–H and O–H groups in total. The van der Waals surface area contributed by atoms with Crippen LogP contribution in [0.4, 0.5) is 10.1 Å². The molecule has 0 aliphatic heterocycles. The fraction of sp³-hybridized carbons (Fsp3) is 0.0952. The van der Waals surface area contributed by atoms with Crippen molar-refractivity contribution < 1.29 is 23.1 Å². The van der Waals surface area contributed by atoms with Gasteiger partial charge in [0.05, 0.1) is 11.3 Å². The highest BCUT2D eigenvalue weighted by molar-refractivity contribution is 6.32. The summed E-state index contributed by atoms with van der Waals surface area (Å²) in [5.74, 6) is -1.04. The van der Waals surface area contributed by atoms with E-state index in [0.29, 0.717) is 22.8 Å². The van der Waals surface area contributed by atoms with Crippen molar-refractivity contribution in [1.82, 2.24) is 4.98 Å². The van der Waals surface area contributed by atoms with Gasteiger partial charge in [0.1, 0.15) is 17.3 Å². The molecule has 3 rings (SSSR count). The predicted molar refractivity (Wildman–Crippen MR) is 107 cm³/mol. The molecule has 0 bridgehead atoms. The van der Waals surface area contributed by atoms with Gasteiger partial charge in [-0.15, -0.1) is 0 Å². The Morgan fingerprint density at radius 1 is 1.21 bits per heavy atom. The van der Waals surface area contributed by atoms with Gasteiger partial charge >= 0.3 is 5.97 Å². The first-order valence-corrected chi connectivity index (χ1v) is 8.96. The number of hydrogen-bond donors (Lipinski definition) is 1. The van der Waals surface area contributed by atoms with E-state index in [1.54, 1.807) is 42.5 Å². The largest absolute Gasteiger partial charge is 0.457 e. The number of carbonyl (C=O) groups excluding carboxylic acids is 2. The van der Waals surface area contributed by atoms with Crippen LogP contribution in [0.1, 0.15) is 12.7 Å². The van der Waals surface area contributed by atoms with Crippen LogP contribution in [0.25, 0.3) is 17.4 Å². The summed E-state index contributed by atoms with van der Waals surface area (Å²) in [6.07, 6.45) is 2.91. The van der Waals surface area contributed by atoms with E-state index in [1.165, 1.54) is 25.3 Å². The molecule has 2 aromatic heterocycles. The molecule has 148 valence electrons. The van der Waals surface area contributed by atoms with E-state index in [-0.39, 0.29) is 5.15 Å². The van der Waals surface area contributed by atoms with E-state index >= 15 is 0 Å². The number of nitrogens with one attached hydrogen (secondary N) is 1. The number of ether oxygens (including phenoxy) is 1. The van der Waals surface area contributed by atoms with E-state index in [9.17, 15) is 14.0 Å². The Hall–Kier alpha value is -3.45. The Morgan fingerprint density at radius 3 is 2.76 bits per heavy atom. The number of aromatic nitrogens is 1. The van der Waals surface area contributed by atoms with Crippen LogP contribution < -0.4 is 5.32 Å². The molecule has 0 radical (unpaired) electrons. The molecule has 8 heteroatoms. The third kappa shape index (κ3) is 5.30. The van der Waals surface area contributed by atoms with Crippen molar-refractivity contribution in [3.05, 3.63) is 77.5 Å². The van der Waals surface area contributed by atoms with E-state index in [0.717, 1.165) is 6.08 Å². The number of anilines is 1. The van der Waals surface area contributed by atoms with Crippen molar-refractivity contribution in [2.45, 2.75) is 13.0 Å². The number of benzene rings is 1. The zero-order valence-electron chi connectivity index (χ0n) is 15.3. The van der Waals surface area contributed by atoms with Crippen LogP contribution in [-0.4, -0.2) is 23.0 Å². The first kappa shape index (κ1) is 20.3. The van der Waals surface area contributed by atoms with Gasteiger partial charge < -0.3 is 14.5 Å². The fourth-order valence-corrected chi connectivity index (χ4v) is 2.55. The summed E-state index contributed by atoms with van der Waals surface area (Å²) in [6, 6.07) is 12.6. The van der Waals surface area contributed by atoms with E-state index in [1.807, 2.05) is 0 Å². The smallest absolute Gasteiger partial charge is 0.331 e. The Bertz CT molecular complexity index is 1060. The van der Waals surface area contributed by atoms with Crippen molar-refractivity contribution in [3.8, 4) is 11.3 Å². The van der Waals surface area contributed by atoms with Gasteiger partial charge in [0.15, 0.2) is 11.3 Å². The van der Waals surface area contributed by atoms with E-state index in [4.69, 9.17) is 20.8 Å². The Labute approximate surface area is 171 Å². The van der Waals surface area contributed by atoms with Crippen molar-refractivity contribution in [1.29, 1.82) is 0 Å². The molecule has 0 aliphatic carbocycles. The average Bonchev–Trinajstić information content (AvgIpc) is 3.17. The maximum atomic E-state index is 13.8. The molecular weight excluding hydrogens is 399 g/mol. The van der Waals surface area contributed by atoms with E-state index in [2.05, 4.69) is 10.3 Å². The molecule has 1 aromatic carbocycles. The van der Waals surface area contributed by atoms with Crippen LogP contribution in [-0.2, 0) is 14.3 Å². The van der Waals surface area contributed by atoms with Gasteiger partial charge in [-0.1, -0.05) is 23.7 Å². The molecule has 0 saturated heterocycles. The highest BCUT2D eigenvalue weighted by Gasteiger charge is 2.18. The summed E-state index contributed by atoms with van der Waals surface area (Å²) in [5.41, 5.74) is 0.628. The van der Waals surface area contributed by atoms with Crippen molar-refractivity contribution in [2.24, 2.45) is 0 Å². The number of furan rings is 1. The number of nitrogens with zero attached hydrogens (tertiary/aromatic N) is 1. The fourth-order valence-electron chi connectivity index (χ4n) is 2.38. The lowest BCUT2D eigenvalue weighted by Gasteiger charge is -2.12. The number of esters is 1. The van der Waals surface area contributed by atoms with Crippen molar-refractivity contribution in [2.75, 3.05) is 5.32 Å². The second-order valence-electron chi connectivity index (χ2n) is 5.93. The number of rotatable bonds is 6. The van der Waals surface area contributed by atoms with Gasteiger partial charge in [-0.2, -0.15) is 0 Å². The monoisotopic (exact) mass is 414 g/mol. The average molecular weight is 415 g/mol. The molecule has 3 aromatic rings. The molecule has 6 nitrogen and oxygen atoms in total. The Balaban J connectivity index is 1.58. The molecule has 0 unspecified atom stereocenters. The topological polar surface area (TPSA) is 81.4 Å². The van der Waals surface area contributed by atoms with Gasteiger partial charge in [-0.05, 0) is 49.4 Å². The molecule has 1 atom stereocenters. The number of carbonyl (C=O) groups is 2. The van der Waals surface area contributed by atoms with Gasteiger partial charge in [0.25, 0.3) is 5.91 Å². The van der Waals surface area contributed by atoms with E-state index < -0.39 is 23.8 Å². The zero-order chi connectivity index (χ0) is 20.8. The summed E-state index contributed by atoms with van der Waals surface area (Å²) < 4.78 is 24.4. The zero-order valence-corrected chi connectivity index (χ0v) is 16.0. The Morgan fingerprint density at radius 2 is 2.00 bits per heavy atom. The van der Waals surface area contributed by atoms with Gasteiger partial charge in [-0.25, -0.2) is 14.2 Å². The maximum absolute atomic E-state index is 13.8. The third-order valence-electron chi connectivity index (χ3n) is 3.83. The summed E-state index contributed by atoms with van der Waals surface area (Å²) >= 11 is 5.87. The summed E-state index contributed by atoms with van der Waals surface area (Å²) in [7, 11) is 0. The molecule has 0 aliphatic rings. The number of amides is 1. The Kier molecular flexibility index (Phi) is 6.41. The van der Waals surface area contributed by atoms with Gasteiger partial charge in [-0.3, -0.25) is 4.79 Å². The normalized spacial score (nSPS) is 12.0. The van der Waals surface area contributed by atoms with Crippen LogP contribution in [0.3, 0.4) is 0 Å². The third-order valence-corrected chi connectivity index (χ3v) is 4.13. The second kappa shape index (κ2) is 9.16. The highest BCUT2D eigenvalue weighted by atomic mass is 35.5. The standard InChI is InChI=1S/C21H16ClFN2O4/c1-13(21(27)25-17-7-4-12-24-20(17)22)28-19(26)11-9-14-8-10-18(29-14)15-5-2-3-6-16(15)23/h2-13H,1H3,(H,25,27)/b11-9+/t13-/m0/s1. The predicted octanol–water partition coefficient (Wildman–Crippen LogP) is 4.72. The van der Waals surface area contributed by atoms with Crippen molar-refractivity contribution >= 4 is 35.2 Å². The number of halogens is 2. The summed E-state index contributed by atoms with van der Waals surface area (Å²) in [6.45, 7) is 1.43. The first-order valence-electron chi connectivity index (χ1n) is 8.59. The summed E-state index contributed by atoms with van der Waals surface area (Å²) in [5, 5.41) is 2.65. The van der Waals surface area contributed by atoms with Gasteiger partial charge in [0.2, 0.25) is 0 Å². The summed E-state index contributed by atoms with van der Waals surface area (Å²) in [4.78, 5) is 27.9. The molecule has 1 amide bonds. The lowest BCUT2D eigenvalue weighted by Crippen LogP contribution is -2.29. The second-order valence-corrected chi connectivity index (χ2v) is 6.28. The first-order chi connectivity index (χ1) is 13.9. The molecule has 0 spiro atoms. The maximum Gasteiger partial charge on any atom is 0.331 e. The molecule has 0 saturated carbocycles. The van der Waals surface area contributed by atoms with Crippen LogP contribution in [0.5, 0.6) is 0 Å². The van der Waals surface area contributed by atoms with Crippen molar-refractivity contribution in [3.63, 3.8) is 0 Å². The van der Waals surface area contributed by atoms with Crippen LogP contribution in [0.15, 0.2) is 65.2 Å². The minimum absolute atomic E-state index is 0.128. The molecule has 29 heavy (non-hydrogen) atoms. The minimum atomic E-state index is -1.06. The lowest BCUT2D eigenvalue weighted by atomic mass is 10.1. The quantitative estimate of drug-likeness (QED) is 0.358. The number of hydrogen-bond acceptors (Lipinski definition) is 5.